The highest BCUT2D eigenvalue weighted by Crippen LogP contribution is 2.42. The van der Waals surface area contributed by atoms with E-state index in [1.54, 1.807) is 0 Å². The SMILES string of the molecule is CCO[Si](CCc1ccc2c(c1)COC(C)(C1CCCC1)O2)(OCC)OCC. The monoisotopic (exact) mass is 408 g/mol. The van der Waals surface area contributed by atoms with Crippen LogP contribution in [0.25, 0.3) is 0 Å². The van der Waals surface area contributed by atoms with Gasteiger partial charge in [0.25, 0.3) is 0 Å². The lowest BCUT2D eigenvalue weighted by atomic mass is 9.96. The minimum atomic E-state index is -2.62. The van der Waals surface area contributed by atoms with Crippen molar-refractivity contribution in [2.75, 3.05) is 19.8 Å². The van der Waals surface area contributed by atoms with Gasteiger partial charge >= 0.3 is 8.80 Å². The third kappa shape index (κ3) is 4.97. The third-order valence-electron chi connectivity index (χ3n) is 5.86. The number of benzene rings is 1. The molecule has 0 radical (unpaired) electrons. The Morgan fingerprint density at radius 3 is 2.29 bits per heavy atom. The zero-order valence-corrected chi connectivity index (χ0v) is 18.9. The lowest BCUT2D eigenvalue weighted by Crippen LogP contribution is -2.46. The van der Waals surface area contributed by atoms with Crippen molar-refractivity contribution in [3.63, 3.8) is 0 Å². The van der Waals surface area contributed by atoms with E-state index in [9.17, 15) is 0 Å². The molecule has 1 unspecified atom stereocenters. The van der Waals surface area contributed by atoms with Gasteiger partial charge in [-0.1, -0.05) is 18.9 Å². The largest absolute Gasteiger partial charge is 0.501 e. The fourth-order valence-corrected chi connectivity index (χ4v) is 7.02. The van der Waals surface area contributed by atoms with E-state index in [2.05, 4.69) is 25.1 Å². The van der Waals surface area contributed by atoms with Gasteiger partial charge in [0.1, 0.15) is 5.75 Å². The summed E-state index contributed by atoms with van der Waals surface area (Å²) >= 11 is 0. The van der Waals surface area contributed by atoms with Gasteiger partial charge in [0.2, 0.25) is 5.79 Å². The average Bonchev–Trinajstić information content (AvgIpc) is 3.23. The number of rotatable bonds is 10. The normalized spacial score (nSPS) is 22.9. The van der Waals surface area contributed by atoms with Gasteiger partial charge < -0.3 is 22.8 Å². The van der Waals surface area contributed by atoms with E-state index in [0.29, 0.717) is 32.3 Å². The van der Waals surface area contributed by atoms with Crippen LogP contribution in [0.1, 0.15) is 64.5 Å². The number of ether oxygens (including phenoxy) is 2. The molecule has 0 amide bonds. The van der Waals surface area contributed by atoms with Gasteiger partial charge in [-0.25, -0.2) is 0 Å². The molecule has 5 nitrogen and oxygen atoms in total. The Morgan fingerprint density at radius 1 is 1.04 bits per heavy atom. The summed E-state index contributed by atoms with van der Waals surface area (Å²) in [6.07, 6.45) is 5.82. The Bertz CT molecular complexity index is 614. The van der Waals surface area contributed by atoms with Crippen LogP contribution in [-0.4, -0.2) is 34.4 Å². The van der Waals surface area contributed by atoms with Gasteiger partial charge in [0.05, 0.1) is 6.61 Å². The first-order valence-electron chi connectivity index (χ1n) is 10.9. The summed E-state index contributed by atoms with van der Waals surface area (Å²) in [4.78, 5) is 0. The van der Waals surface area contributed by atoms with Crippen molar-refractivity contribution < 1.29 is 22.8 Å². The predicted molar refractivity (Wildman–Crippen MR) is 111 cm³/mol. The van der Waals surface area contributed by atoms with Crippen molar-refractivity contribution in [1.82, 2.24) is 0 Å². The molecule has 28 heavy (non-hydrogen) atoms. The first-order chi connectivity index (χ1) is 13.5. The van der Waals surface area contributed by atoms with E-state index in [-0.39, 0.29) is 0 Å². The fraction of sp³-hybridized carbons (Fsp3) is 0.727. The van der Waals surface area contributed by atoms with Crippen molar-refractivity contribution in [2.24, 2.45) is 5.92 Å². The minimum absolute atomic E-state index is 0.480. The third-order valence-corrected chi connectivity index (χ3v) is 8.91. The molecule has 2 aliphatic rings. The molecule has 1 heterocycles. The zero-order chi connectivity index (χ0) is 20.0. The fourth-order valence-electron chi connectivity index (χ4n) is 4.42. The minimum Gasteiger partial charge on any atom is -0.462 e. The molecule has 0 aromatic heterocycles. The molecule has 0 bridgehead atoms. The average molecular weight is 409 g/mol. The summed E-state index contributed by atoms with van der Waals surface area (Å²) in [5.74, 6) is 0.981. The van der Waals surface area contributed by atoms with E-state index in [4.69, 9.17) is 22.8 Å². The van der Waals surface area contributed by atoms with Gasteiger partial charge in [0, 0.05) is 44.3 Å². The first-order valence-corrected chi connectivity index (χ1v) is 12.8. The molecule has 0 spiro atoms. The van der Waals surface area contributed by atoms with Crippen molar-refractivity contribution in [1.29, 1.82) is 0 Å². The predicted octanol–water partition coefficient (Wildman–Crippen LogP) is 5.09. The molecule has 3 rings (SSSR count). The number of fused-ring (bicyclic) bond motifs is 1. The molecule has 1 fully saturated rings. The number of aryl methyl sites for hydroxylation is 1. The molecule has 158 valence electrons. The Balaban J connectivity index is 1.67. The highest BCUT2D eigenvalue weighted by molar-refractivity contribution is 6.60. The van der Waals surface area contributed by atoms with Crippen LogP contribution in [0.4, 0.5) is 0 Å². The Hall–Kier alpha value is -0.923. The Labute approximate surface area is 171 Å². The molecule has 1 atom stereocenters. The Kier molecular flexibility index (Phi) is 7.56. The smallest absolute Gasteiger partial charge is 0.462 e. The molecular weight excluding hydrogens is 372 g/mol. The maximum Gasteiger partial charge on any atom is 0.501 e. The van der Waals surface area contributed by atoms with E-state index in [0.717, 1.165) is 23.8 Å². The molecule has 1 aliphatic carbocycles. The van der Waals surface area contributed by atoms with Crippen LogP contribution in [0.2, 0.25) is 6.04 Å². The molecule has 6 heteroatoms. The summed E-state index contributed by atoms with van der Waals surface area (Å²) in [6, 6.07) is 7.24. The standard InChI is InChI=1S/C22H36O5Si/c1-5-24-28(25-6-2,26-7-3)15-14-18-12-13-21-19(16-18)17-23-22(4,27-21)20-10-8-9-11-20/h12-13,16,20H,5-11,14-15,17H2,1-4H3. The van der Waals surface area contributed by atoms with Crippen LogP contribution in [0.5, 0.6) is 5.75 Å². The number of hydrogen-bond acceptors (Lipinski definition) is 5. The molecule has 0 saturated heterocycles. The summed E-state index contributed by atoms with van der Waals surface area (Å²) in [7, 11) is -2.62. The van der Waals surface area contributed by atoms with Crippen LogP contribution in [-0.2, 0) is 31.0 Å². The van der Waals surface area contributed by atoms with Crippen molar-refractivity contribution in [2.45, 2.75) is 78.2 Å². The van der Waals surface area contributed by atoms with Gasteiger partial charge in [-0.05, 0) is 57.7 Å². The van der Waals surface area contributed by atoms with Gasteiger partial charge in [-0.3, -0.25) is 0 Å². The molecule has 1 aromatic carbocycles. The summed E-state index contributed by atoms with van der Waals surface area (Å²) in [5, 5.41) is 0. The number of hydrogen-bond donors (Lipinski definition) is 0. The van der Waals surface area contributed by atoms with Crippen molar-refractivity contribution in [3.05, 3.63) is 29.3 Å². The topological polar surface area (TPSA) is 46.2 Å². The van der Waals surface area contributed by atoms with Gasteiger partial charge in [-0.15, -0.1) is 0 Å². The molecular formula is C22H36O5Si. The van der Waals surface area contributed by atoms with E-state index < -0.39 is 14.6 Å². The molecule has 1 aliphatic heterocycles. The lowest BCUT2D eigenvalue weighted by Gasteiger charge is -2.40. The quantitative estimate of drug-likeness (QED) is 0.505. The Morgan fingerprint density at radius 2 is 1.68 bits per heavy atom. The van der Waals surface area contributed by atoms with Crippen LogP contribution in [0.3, 0.4) is 0 Å². The molecule has 1 saturated carbocycles. The second-order valence-electron chi connectivity index (χ2n) is 7.81. The summed E-state index contributed by atoms with van der Waals surface area (Å²) in [6.45, 7) is 10.5. The van der Waals surface area contributed by atoms with Crippen LogP contribution in [0, 0.1) is 5.92 Å². The summed E-state index contributed by atoms with van der Waals surface area (Å²) in [5.41, 5.74) is 2.37. The first kappa shape index (κ1) is 21.8. The second-order valence-corrected chi connectivity index (χ2v) is 10.5. The van der Waals surface area contributed by atoms with E-state index in [1.807, 2.05) is 20.8 Å². The van der Waals surface area contributed by atoms with Crippen molar-refractivity contribution >= 4 is 8.80 Å². The maximum atomic E-state index is 6.33. The maximum absolute atomic E-state index is 6.33. The van der Waals surface area contributed by atoms with E-state index >= 15 is 0 Å². The van der Waals surface area contributed by atoms with Gasteiger partial charge in [0.15, 0.2) is 0 Å². The van der Waals surface area contributed by atoms with E-state index in [1.165, 1.54) is 31.2 Å². The highest BCUT2D eigenvalue weighted by Gasteiger charge is 2.42. The van der Waals surface area contributed by atoms with Gasteiger partial charge in [-0.2, -0.15) is 0 Å². The molecule has 1 aromatic rings. The highest BCUT2D eigenvalue weighted by atomic mass is 28.4. The summed E-state index contributed by atoms with van der Waals surface area (Å²) < 4.78 is 30.5. The lowest BCUT2D eigenvalue weighted by molar-refractivity contribution is -0.224. The second kappa shape index (κ2) is 9.72. The van der Waals surface area contributed by atoms with Crippen molar-refractivity contribution in [3.8, 4) is 5.75 Å². The molecule has 0 N–H and O–H groups in total. The van der Waals surface area contributed by atoms with Crippen LogP contribution < -0.4 is 4.74 Å². The van der Waals surface area contributed by atoms with Crippen LogP contribution in [0.15, 0.2) is 18.2 Å². The van der Waals surface area contributed by atoms with Crippen LogP contribution >= 0.6 is 0 Å². The zero-order valence-electron chi connectivity index (χ0n) is 17.9.